The second-order valence-corrected chi connectivity index (χ2v) is 4.83. The van der Waals surface area contributed by atoms with Crippen LogP contribution in [0.3, 0.4) is 0 Å². The smallest absolute Gasteiger partial charge is 0.223 e. The monoisotopic (exact) mass is 265 g/mol. The van der Waals surface area contributed by atoms with Gasteiger partial charge < -0.3 is 10.1 Å². The molecule has 2 rings (SSSR count). The summed E-state index contributed by atoms with van der Waals surface area (Å²) in [6, 6.07) is 3.57. The second-order valence-electron chi connectivity index (χ2n) is 4.83. The van der Waals surface area contributed by atoms with Gasteiger partial charge in [0, 0.05) is 12.3 Å². The summed E-state index contributed by atoms with van der Waals surface area (Å²) in [5.74, 6) is -1.28. The summed E-state index contributed by atoms with van der Waals surface area (Å²) in [5, 5.41) is 2.68. The molecule has 0 bridgehead atoms. The van der Waals surface area contributed by atoms with Crippen molar-refractivity contribution in [1.29, 1.82) is 0 Å². The highest BCUT2D eigenvalue weighted by Crippen LogP contribution is 2.27. The fourth-order valence-electron chi connectivity index (χ4n) is 1.92. The van der Waals surface area contributed by atoms with Crippen LogP contribution in [-0.4, -0.2) is 24.3 Å². The van der Waals surface area contributed by atoms with E-state index in [1.54, 1.807) is 13.8 Å². The number of hydrogen-bond acceptors (Lipinski definition) is 3. The van der Waals surface area contributed by atoms with Crippen molar-refractivity contribution in [3.05, 3.63) is 29.6 Å². The summed E-state index contributed by atoms with van der Waals surface area (Å²) >= 11 is 0. The minimum Gasteiger partial charge on any atom is -0.490 e. The zero-order valence-corrected chi connectivity index (χ0v) is 10.9. The highest BCUT2D eigenvalue weighted by atomic mass is 19.1. The predicted molar refractivity (Wildman–Crippen MR) is 67.6 cm³/mol. The van der Waals surface area contributed by atoms with E-state index < -0.39 is 11.9 Å². The van der Waals surface area contributed by atoms with Gasteiger partial charge in [0.15, 0.2) is 17.3 Å². The average molecular weight is 265 g/mol. The van der Waals surface area contributed by atoms with Crippen LogP contribution in [0, 0.1) is 11.7 Å². The van der Waals surface area contributed by atoms with Gasteiger partial charge in [-0.3, -0.25) is 9.59 Å². The summed E-state index contributed by atoms with van der Waals surface area (Å²) in [5.41, 5.74) is 0.187. The van der Waals surface area contributed by atoms with Crippen molar-refractivity contribution in [2.45, 2.75) is 26.3 Å². The lowest BCUT2D eigenvalue weighted by atomic mass is 10.0. The fraction of sp³-hybridized carbons (Fsp3) is 0.429. The largest absolute Gasteiger partial charge is 0.490 e. The molecule has 1 unspecified atom stereocenters. The SMILES string of the molecule is CC(C)C(=O)NC1CCOc2c(F)cccc2C1=O. The molecule has 5 heteroatoms. The van der Waals surface area contributed by atoms with E-state index in [2.05, 4.69) is 5.32 Å². The zero-order chi connectivity index (χ0) is 14.0. The standard InChI is InChI=1S/C14H16FNO3/c1-8(2)14(18)16-11-6-7-19-13-9(12(11)17)4-3-5-10(13)15/h3-5,8,11H,6-7H2,1-2H3,(H,16,18). The molecule has 1 aromatic rings. The molecule has 4 nitrogen and oxygen atoms in total. The number of nitrogens with one attached hydrogen (secondary N) is 1. The van der Waals surface area contributed by atoms with Gasteiger partial charge in [-0.1, -0.05) is 19.9 Å². The van der Waals surface area contributed by atoms with Crippen LogP contribution in [0.4, 0.5) is 4.39 Å². The van der Waals surface area contributed by atoms with E-state index in [0.717, 1.165) is 0 Å². The van der Waals surface area contributed by atoms with Crippen LogP contribution in [0.15, 0.2) is 18.2 Å². The van der Waals surface area contributed by atoms with Gasteiger partial charge in [0.1, 0.15) is 0 Å². The van der Waals surface area contributed by atoms with Gasteiger partial charge >= 0.3 is 0 Å². The Balaban J connectivity index is 2.26. The van der Waals surface area contributed by atoms with Gasteiger partial charge in [0.25, 0.3) is 0 Å². The van der Waals surface area contributed by atoms with Crippen LogP contribution in [-0.2, 0) is 4.79 Å². The number of hydrogen-bond donors (Lipinski definition) is 1. The maximum Gasteiger partial charge on any atom is 0.223 e. The van der Waals surface area contributed by atoms with Crippen LogP contribution in [0.2, 0.25) is 0 Å². The Labute approximate surface area is 110 Å². The summed E-state index contributed by atoms with van der Waals surface area (Å²) < 4.78 is 18.9. The first-order valence-corrected chi connectivity index (χ1v) is 6.26. The highest BCUT2D eigenvalue weighted by Gasteiger charge is 2.29. The highest BCUT2D eigenvalue weighted by molar-refractivity contribution is 6.04. The number of fused-ring (bicyclic) bond motifs is 1. The lowest BCUT2D eigenvalue weighted by Gasteiger charge is -2.16. The predicted octanol–water partition coefficient (Wildman–Crippen LogP) is 1.93. The zero-order valence-electron chi connectivity index (χ0n) is 10.9. The molecule has 0 aromatic heterocycles. The minimum atomic E-state index is -0.655. The van der Waals surface area contributed by atoms with Crippen LogP contribution in [0.1, 0.15) is 30.6 Å². The van der Waals surface area contributed by atoms with Gasteiger partial charge in [0.2, 0.25) is 5.91 Å². The number of carbonyl (C=O) groups is 2. The molecule has 19 heavy (non-hydrogen) atoms. The van der Waals surface area contributed by atoms with Crippen LogP contribution < -0.4 is 10.1 Å². The number of Topliss-reactive ketones (excluding diaryl/α,β-unsaturated/α-hetero) is 1. The number of carbonyl (C=O) groups excluding carboxylic acids is 2. The molecular formula is C14H16FNO3. The van der Waals surface area contributed by atoms with E-state index in [0.29, 0.717) is 6.42 Å². The van der Waals surface area contributed by atoms with Gasteiger partial charge in [0.05, 0.1) is 18.2 Å². The first kappa shape index (κ1) is 13.5. The lowest BCUT2D eigenvalue weighted by Crippen LogP contribution is -2.42. The van der Waals surface area contributed by atoms with Gasteiger partial charge in [-0.05, 0) is 12.1 Å². The molecule has 1 aromatic carbocycles. The number of amides is 1. The molecule has 1 aliphatic rings. The van der Waals surface area contributed by atoms with Crippen molar-refractivity contribution in [1.82, 2.24) is 5.32 Å². The number of benzene rings is 1. The number of rotatable bonds is 2. The molecule has 1 aliphatic heterocycles. The Bertz CT molecular complexity index is 513. The Morgan fingerprint density at radius 3 is 2.89 bits per heavy atom. The van der Waals surface area contributed by atoms with Gasteiger partial charge in [-0.15, -0.1) is 0 Å². The molecule has 1 N–H and O–H groups in total. The van der Waals surface area contributed by atoms with E-state index in [9.17, 15) is 14.0 Å². The molecule has 1 heterocycles. The van der Waals surface area contributed by atoms with Gasteiger partial charge in [-0.2, -0.15) is 0 Å². The van der Waals surface area contributed by atoms with Gasteiger partial charge in [-0.25, -0.2) is 4.39 Å². The quantitative estimate of drug-likeness (QED) is 0.889. The van der Waals surface area contributed by atoms with E-state index in [1.165, 1.54) is 18.2 Å². The first-order valence-electron chi connectivity index (χ1n) is 6.26. The fourth-order valence-corrected chi connectivity index (χ4v) is 1.92. The average Bonchev–Trinajstić information content (AvgIpc) is 2.52. The maximum atomic E-state index is 13.6. The Kier molecular flexibility index (Phi) is 3.83. The molecule has 102 valence electrons. The molecule has 1 atom stereocenters. The molecule has 0 aliphatic carbocycles. The van der Waals surface area contributed by atoms with Crippen LogP contribution >= 0.6 is 0 Å². The summed E-state index contributed by atoms with van der Waals surface area (Å²) in [4.78, 5) is 24.0. The van der Waals surface area contributed by atoms with E-state index in [4.69, 9.17) is 4.74 Å². The van der Waals surface area contributed by atoms with Crippen molar-refractivity contribution in [2.75, 3.05) is 6.61 Å². The van der Waals surface area contributed by atoms with E-state index in [-0.39, 0.29) is 35.5 Å². The molecule has 0 radical (unpaired) electrons. The molecule has 0 saturated heterocycles. The molecule has 0 saturated carbocycles. The van der Waals surface area contributed by atoms with Crippen molar-refractivity contribution >= 4 is 11.7 Å². The van der Waals surface area contributed by atoms with E-state index in [1.807, 2.05) is 0 Å². The summed E-state index contributed by atoms with van der Waals surface area (Å²) in [7, 11) is 0. The maximum absolute atomic E-state index is 13.6. The van der Waals surface area contributed by atoms with Crippen molar-refractivity contribution in [2.24, 2.45) is 5.92 Å². The second kappa shape index (κ2) is 5.38. The third-order valence-electron chi connectivity index (χ3n) is 3.04. The summed E-state index contributed by atoms with van der Waals surface area (Å²) in [6.07, 6.45) is 0.339. The van der Waals surface area contributed by atoms with Crippen molar-refractivity contribution < 1.29 is 18.7 Å². The lowest BCUT2D eigenvalue weighted by molar-refractivity contribution is -0.124. The number of ether oxygens (including phenoxy) is 1. The molecular weight excluding hydrogens is 249 g/mol. The van der Waals surface area contributed by atoms with E-state index >= 15 is 0 Å². The Hall–Kier alpha value is -1.91. The third kappa shape index (κ3) is 2.75. The van der Waals surface area contributed by atoms with Crippen LogP contribution in [0.25, 0.3) is 0 Å². The molecule has 0 spiro atoms. The number of para-hydroxylation sites is 1. The molecule has 0 fully saturated rings. The normalized spacial score (nSPS) is 18.5. The Morgan fingerprint density at radius 2 is 2.21 bits per heavy atom. The Morgan fingerprint density at radius 1 is 1.47 bits per heavy atom. The van der Waals surface area contributed by atoms with Crippen LogP contribution in [0.5, 0.6) is 5.75 Å². The topological polar surface area (TPSA) is 55.4 Å². The van der Waals surface area contributed by atoms with Crippen molar-refractivity contribution in [3.8, 4) is 5.75 Å². The van der Waals surface area contributed by atoms with Crippen molar-refractivity contribution in [3.63, 3.8) is 0 Å². The first-order chi connectivity index (χ1) is 9.00. The summed E-state index contributed by atoms with van der Waals surface area (Å²) in [6.45, 7) is 3.70. The number of halogens is 1. The minimum absolute atomic E-state index is 0.0196. The third-order valence-corrected chi connectivity index (χ3v) is 3.04. The molecule has 1 amide bonds. The number of ketones is 1.